The van der Waals surface area contributed by atoms with E-state index >= 15 is 0 Å². The Labute approximate surface area is 265 Å². The fourth-order valence-corrected chi connectivity index (χ4v) is 4.00. The van der Waals surface area contributed by atoms with E-state index in [1.54, 1.807) is 60.7 Å². The third-order valence-electron chi connectivity index (χ3n) is 4.89. The molecule has 4 aromatic carbocycles. The van der Waals surface area contributed by atoms with E-state index in [2.05, 4.69) is 21.1 Å². The van der Waals surface area contributed by atoms with Crippen molar-refractivity contribution in [3.05, 3.63) is 127 Å². The van der Waals surface area contributed by atoms with E-state index in [0.717, 1.165) is 0 Å². The Hall–Kier alpha value is -3.57. The molecule has 0 aromatic heterocycles. The van der Waals surface area contributed by atoms with Crippen molar-refractivity contribution in [2.45, 2.75) is 0 Å². The van der Waals surface area contributed by atoms with Crippen molar-refractivity contribution >= 4 is 70.6 Å². The van der Waals surface area contributed by atoms with Crippen LogP contribution in [0.4, 0.5) is 0 Å². The third-order valence-corrected chi connectivity index (χ3v) is 5.88. The largest absolute Gasteiger partial charge is 2.00 e. The topological polar surface area (TPSA) is 129 Å². The summed E-state index contributed by atoms with van der Waals surface area (Å²) in [7, 11) is 0. The predicted octanol–water partition coefficient (Wildman–Crippen LogP) is 5.66. The maximum Gasteiger partial charge on any atom is 2.00 e. The van der Waals surface area contributed by atoms with E-state index in [1.165, 1.54) is 36.7 Å². The smallest absolute Gasteiger partial charge is 0.871 e. The summed E-state index contributed by atoms with van der Waals surface area (Å²) in [6.45, 7) is 0. The van der Waals surface area contributed by atoms with Crippen LogP contribution in [0.15, 0.2) is 95.1 Å². The Kier molecular flexibility index (Phi) is 13.6. The quantitative estimate of drug-likeness (QED) is 0.202. The first-order chi connectivity index (χ1) is 19.2. The third kappa shape index (κ3) is 10.4. The summed E-state index contributed by atoms with van der Waals surface area (Å²) in [5.41, 5.74) is 5.98. The van der Waals surface area contributed by atoms with Crippen LogP contribution < -0.4 is 21.1 Å². The maximum atomic E-state index is 11.7. The first-order valence-electron chi connectivity index (χ1n) is 11.2. The Balaban J connectivity index is 0.000000280. The molecule has 2 amide bonds. The molecule has 0 aliphatic carbocycles. The molecule has 0 saturated carbocycles. The molecule has 4 aromatic rings. The molecule has 0 fully saturated rings. The van der Waals surface area contributed by atoms with Crippen LogP contribution in [-0.2, 0) is 16.8 Å². The van der Waals surface area contributed by atoms with Crippen molar-refractivity contribution in [2.24, 2.45) is 10.2 Å². The number of carbonyl (C=O) groups excluding carboxylic acids is 2. The van der Waals surface area contributed by atoms with Crippen LogP contribution in [0, 0.1) is 0 Å². The maximum absolute atomic E-state index is 11.7. The Morgan fingerprint density at radius 2 is 0.951 bits per heavy atom. The molecular weight excluding hydrogens is 657 g/mol. The van der Waals surface area contributed by atoms with Crippen LogP contribution in [0.2, 0.25) is 20.1 Å². The van der Waals surface area contributed by atoms with Crippen LogP contribution in [0.25, 0.3) is 0 Å². The number of hydrazone groups is 2. The van der Waals surface area contributed by atoms with Crippen LogP contribution in [0.3, 0.4) is 0 Å². The summed E-state index contributed by atoms with van der Waals surface area (Å²) in [6.07, 6.45) is 2.42. The zero-order valence-corrected chi connectivity index (χ0v) is 24.7. The molecule has 2 N–H and O–H groups in total. The van der Waals surface area contributed by atoms with Crippen molar-refractivity contribution in [3.63, 3.8) is 0 Å². The van der Waals surface area contributed by atoms with Gasteiger partial charge in [0.25, 0.3) is 11.8 Å². The first kappa shape index (κ1) is 33.6. The van der Waals surface area contributed by atoms with Gasteiger partial charge in [0.05, 0.1) is 12.4 Å². The molecule has 0 atom stereocenters. The number of benzene rings is 4. The van der Waals surface area contributed by atoms with Gasteiger partial charge in [0.1, 0.15) is 0 Å². The molecular formula is C28H18Cl4CoN4O4. The van der Waals surface area contributed by atoms with Crippen molar-refractivity contribution < 1.29 is 36.6 Å². The van der Waals surface area contributed by atoms with Gasteiger partial charge in [-0.15, -0.1) is 0 Å². The molecule has 0 aliphatic heterocycles. The molecule has 13 heteroatoms. The van der Waals surface area contributed by atoms with Gasteiger partial charge >= 0.3 is 16.8 Å². The summed E-state index contributed by atoms with van der Waals surface area (Å²) in [6, 6.07) is 22.7. The minimum absolute atomic E-state index is 0. The Bertz CT molecular complexity index is 1440. The fourth-order valence-electron chi connectivity index (χ4n) is 2.98. The molecule has 0 bridgehead atoms. The van der Waals surface area contributed by atoms with E-state index in [9.17, 15) is 19.8 Å². The molecule has 0 aliphatic rings. The summed E-state index contributed by atoms with van der Waals surface area (Å²) >= 11 is 23.0. The normalized spacial score (nSPS) is 10.4. The number of hydrogen-bond donors (Lipinski definition) is 2. The zero-order chi connectivity index (χ0) is 29.1. The van der Waals surface area contributed by atoms with Crippen LogP contribution in [0.1, 0.15) is 31.8 Å². The van der Waals surface area contributed by atoms with Gasteiger partial charge < -0.3 is 10.2 Å². The van der Waals surface area contributed by atoms with Crippen LogP contribution in [0.5, 0.6) is 11.5 Å². The second kappa shape index (κ2) is 16.6. The van der Waals surface area contributed by atoms with Gasteiger partial charge in [-0.1, -0.05) is 94.3 Å². The van der Waals surface area contributed by atoms with Crippen molar-refractivity contribution in [2.75, 3.05) is 0 Å². The van der Waals surface area contributed by atoms with Gasteiger partial charge in [-0.05, 0) is 59.7 Å². The zero-order valence-electron chi connectivity index (χ0n) is 20.6. The van der Waals surface area contributed by atoms with Crippen LogP contribution in [-0.4, -0.2) is 24.2 Å². The fraction of sp³-hybridized carbons (Fsp3) is 0. The van der Waals surface area contributed by atoms with Gasteiger partial charge in [-0.25, -0.2) is 10.9 Å². The summed E-state index contributed by atoms with van der Waals surface area (Å²) in [4.78, 5) is 23.4. The number of amides is 2. The second-order valence-corrected chi connectivity index (χ2v) is 9.43. The van der Waals surface area contributed by atoms with E-state index in [1.807, 2.05) is 0 Å². The summed E-state index contributed by atoms with van der Waals surface area (Å²) in [5.74, 6) is -1.53. The number of carbonyl (C=O) groups is 2. The predicted molar refractivity (Wildman–Crippen MR) is 155 cm³/mol. The molecule has 1 radical (unpaired) electrons. The number of rotatable bonds is 6. The summed E-state index contributed by atoms with van der Waals surface area (Å²) < 4.78 is 0. The molecule has 41 heavy (non-hydrogen) atoms. The molecule has 211 valence electrons. The summed E-state index contributed by atoms with van der Waals surface area (Å²) in [5, 5.41) is 31.4. The van der Waals surface area contributed by atoms with E-state index < -0.39 is 11.5 Å². The van der Waals surface area contributed by atoms with Gasteiger partial charge in [0, 0.05) is 31.2 Å². The van der Waals surface area contributed by atoms with Crippen molar-refractivity contribution in [3.8, 4) is 11.5 Å². The number of halogens is 4. The Morgan fingerprint density at radius 3 is 1.29 bits per heavy atom. The Morgan fingerprint density at radius 1 is 0.610 bits per heavy atom. The molecule has 0 saturated heterocycles. The first-order valence-corrected chi connectivity index (χ1v) is 12.8. The van der Waals surface area contributed by atoms with Gasteiger partial charge in [0.15, 0.2) is 0 Å². The second-order valence-electron chi connectivity index (χ2n) is 7.74. The average molecular weight is 675 g/mol. The van der Waals surface area contributed by atoms with Crippen molar-refractivity contribution in [1.29, 1.82) is 0 Å². The van der Waals surface area contributed by atoms with Gasteiger partial charge in [-0.2, -0.15) is 10.2 Å². The monoisotopic (exact) mass is 673 g/mol. The molecule has 0 unspecified atom stereocenters. The van der Waals surface area contributed by atoms with Crippen LogP contribution >= 0.6 is 46.4 Å². The average Bonchev–Trinajstić information content (AvgIpc) is 2.95. The van der Waals surface area contributed by atoms with E-state index in [4.69, 9.17) is 46.4 Å². The molecule has 8 nitrogen and oxygen atoms in total. The minimum Gasteiger partial charge on any atom is -0.871 e. The number of nitrogens with zero attached hydrogens (tertiary/aromatic N) is 2. The van der Waals surface area contributed by atoms with E-state index in [0.29, 0.717) is 21.2 Å². The number of nitrogens with one attached hydrogen (secondary N) is 2. The SMILES string of the molecule is O=C(N/N=C\c1cc(Cl)cc(Cl)c1[O-])c1ccccc1.O=C(N/N=C\c1cc(Cl)cc(Cl)c1[O-])c1ccccc1.[Co+2]. The molecule has 0 heterocycles. The molecule has 0 spiro atoms. The van der Waals surface area contributed by atoms with E-state index in [-0.39, 0.29) is 49.8 Å². The standard InChI is InChI=1S/2C14H10Cl2N2O2.Co/c2*15-11-6-10(13(19)12(16)7-11)8-17-18-14(20)9-4-2-1-3-5-9;/h2*1-8,19H,(H,18,20);/q;;+2/p-2/b2*17-8-;. The van der Waals surface area contributed by atoms with Crippen molar-refractivity contribution in [1.82, 2.24) is 10.9 Å². The van der Waals surface area contributed by atoms with Gasteiger partial charge in [0.2, 0.25) is 0 Å². The van der Waals surface area contributed by atoms with Gasteiger partial charge in [-0.3, -0.25) is 9.59 Å². The minimum atomic E-state index is -0.395. The number of hydrogen-bond acceptors (Lipinski definition) is 6. The molecule has 4 rings (SSSR count).